The average molecular weight is 433 g/mol. The van der Waals surface area contributed by atoms with Crippen molar-refractivity contribution in [3.05, 3.63) is 29.8 Å². The molecule has 1 atom stereocenters. The highest BCUT2D eigenvalue weighted by Gasteiger charge is 2.87. The number of benzene rings is 1. The van der Waals surface area contributed by atoms with Gasteiger partial charge in [0, 0.05) is 31.8 Å². The lowest BCUT2D eigenvalue weighted by Gasteiger charge is -2.38. The Hall–Kier alpha value is -1.79. The Labute approximate surface area is 151 Å². The maximum atomic E-state index is 13.8. The fourth-order valence-electron chi connectivity index (χ4n) is 2.26. The summed E-state index contributed by atoms with van der Waals surface area (Å²) in [5.41, 5.74) is -0.449. The van der Waals surface area contributed by atoms with Crippen molar-refractivity contribution in [2.24, 2.45) is 0 Å². The Bertz CT molecular complexity index is 685. The minimum atomic E-state index is -7.48. The minimum Gasteiger partial charge on any atom is -0.388 e. The molecule has 0 aromatic heterocycles. The molecule has 0 aliphatic rings. The molecule has 2 nitrogen and oxygen atoms in total. The summed E-state index contributed by atoms with van der Waals surface area (Å²) in [7, 11) is 2.71. The van der Waals surface area contributed by atoms with Gasteiger partial charge in [0.05, 0.1) is 6.10 Å². The van der Waals surface area contributed by atoms with E-state index in [-0.39, 0.29) is 5.69 Å². The highest BCUT2D eigenvalue weighted by molar-refractivity contribution is 5.53. The summed E-state index contributed by atoms with van der Waals surface area (Å²) < 4.78 is 143. The van der Waals surface area contributed by atoms with Crippen LogP contribution in [0, 0.1) is 0 Å². The number of anilines is 1. The lowest BCUT2D eigenvalue weighted by atomic mass is 9.92. The number of aliphatic hydroxyl groups excluding tert-OH is 1. The largest absolute Gasteiger partial charge is 0.460 e. The van der Waals surface area contributed by atoms with Gasteiger partial charge in [0.1, 0.15) is 0 Å². The molecule has 0 radical (unpaired) electrons. The Kier molecular flexibility index (Phi) is 6.26. The first kappa shape index (κ1) is 24.2. The molecule has 1 aromatic carbocycles. The summed E-state index contributed by atoms with van der Waals surface area (Å²) >= 11 is 0. The molecule has 0 fully saturated rings. The Morgan fingerprint density at radius 3 is 1.68 bits per heavy atom. The molecule has 1 aromatic rings. The van der Waals surface area contributed by atoms with Crippen LogP contribution in [0.4, 0.5) is 54.0 Å². The molecular weight excluding hydrogens is 419 g/mol. The molecule has 0 saturated heterocycles. The number of nitrogens with zero attached hydrogens (tertiary/aromatic N) is 1. The van der Waals surface area contributed by atoms with E-state index in [0.717, 1.165) is 6.07 Å². The number of hydrogen-bond donors (Lipinski definition) is 1. The van der Waals surface area contributed by atoms with Gasteiger partial charge in [-0.15, -0.1) is 0 Å². The van der Waals surface area contributed by atoms with Crippen molar-refractivity contribution in [3.8, 4) is 0 Å². The Morgan fingerprint density at radius 1 is 0.786 bits per heavy atom. The predicted octanol–water partition coefficient (Wildman–Crippen LogP) is 5.28. The molecule has 0 saturated carbocycles. The van der Waals surface area contributed by atoms with Crippen molar-refractivity contribution in [1.29, 1.82) is 0 Å². The zero-order valence-corrected chi connectivity index (χ0v) is 14.1. The third-order valence-corrected chi connectivity index (χ3v) is 3.83. The van der Waals surface area contributed by atoms with Gasteiger partial charge in [-0.1, -0.05) is 18.2 Å². The van der Waals surface area contributed by atoms with Gasteiger partial charge in [0.15, 0.2) is 0 Å². The van der Waals surface area contributed by atoms with Crippen LogP contribution < -0.4 is 4.90 Å². The second kappa shape index (κ2) is 7.23. The van der Waals surface area contributed by atoms with E-state index in [4.69, 9.17) is 0 Å². The zero-order chi connectivity index (χ0) is 22.3. The minimum absolute atomic E-state index is 0.00139. The van der Waals surface area contributed by atoms with E-state index in [9.17, 15) is 53.4 Å². The molecule has 1 rings (SSSR count). The van der Waals surface area contributed by atoms with Gasteiger partial charge in [-0.25, -0.2) is 0 Å². The third kappa shape index (κ3) is 3.85. The fourth-order valence-corrected chi connectivity index (χ4v) is 2.26. The number of halogens is 11. The quantitative estimate of drug-likeness (QED) is 0.592. The molecule has 0 heterocycles. The van der Waals surface area contributed by atoms with Gasteiger partial charge in [0.25, 0.3) is 0 Å². The van der Waals surface area contributed by atoms with Gasteiger partial charge in [-0.2, -0.15) is 48.3 Å². The van der Waals surface area contributed by atoms with Crippen molar-refractivity contribution >= 4 is 5.69 Å². The maximum absolute atomic E-state index is 13.8. The van der Waals surface area contributed by atoms with Crippen LogP contribution in [0.2, 0.25) is 0 Å². The highest BCUT2D eigenvalue weighted by atomic mass is 19.4. The van der Waals surface area contributed by atoms with Gasteiger partial charge in [-0.3, -0.25) is 0 Å². The van der Waals surface area contributed by atoms with Crippen molar-refractivity contribution < 1.29 is 53.4 Å². The first-order valence-corrected chi connectivity index (χ1v) is 7.33. The first-order chi connectivity index (χ1) is 12.3. The molecule has 162 valence electrons. The van der Waals surface area contributed by atoms with Crippen molar-refractivity contribution in [1.82, 2.24) is 0 Å². The topological polar surface area (TPSA) is 23.5 Å². The van der Waals surface area contributed by atoms with Gasteiger partial charge >= 0.3 is 29.9 Å². The van der Waals surface area contributed by atoms with E-state index < -0.39 is 48.0 Å². The highest BCUT2D eigenvalue weighted by Crippen LogP contribution is 2.58. The summed E-state index contributed by atoms with van der Waals surface area (Å²) in [6, 6.07) is 4.74. The molecule has 1 unspecified atom stereocenters. The first-order valence-electron chi connectivity index (χ1n) is 7.33. The second-order valence-corrected chi connectivity index (χ2v) is 6.10. The second-order valence-electron chi connectivity index (χ2n) is 6.10. The Morgan fingerprint density at radius 2 is 1.25 bits per heavy atom. The lowest BCUT2D eigenvalue weighted by molar-refractivity contribution is -0.423. The molecule has 0 bridgehead atoms. The summed E-state index contributed by atoms with van der Waals surface area (Å²) in [4.78, 5) is 1.24. The van der Waals surface area contributed by atoms with Gasteiger partial charge in [-0.05, 0) is 6.07 Å². The molecule has 0 aliphatic heterocycles. The Balaban J connectivity index is 3.31. The van der Waals surface area contributed by atoms with Crippen LogP contribution in [0.5, 0.6) is 0 Å². The van der Waals surface area contributed by atoms with Crippen LogP contribution in [-0.2, 0) is 0 Å². The summed E-state index contributed by atoms with van der Waals surface area (Å²) in [5.74, 6) is -28.2. The summed E-state index contributed by atoms with van der Waals surface area (Å²) in [6.45, 7) is 0. The van der Waals surface area contributed by atoms with Crippen LogP contribution in [-0.4, -0.2) is 49.1 Å². The van der Waals surface area contributed by atoms with E-state index in [0.29, 0.717) is 0 Å². The normalized spacial score (nSPS) is 15.5. The molecule has 0 amide bonds. The number of aliphatic hydroxyl groups is 1. The van der Waals surface area contributed by atoms with Crippen LogP contribution in [0.25, 0.3) is 0 Å². The van der Waals surface area contributed by atoms with E-state index in [2.05, 4.69) is 0 Å². The van der Waals surface area contributed by atoms with E-state index in [1.165, 1.54) is 37.2 Å². The van der Waals surface area contributed by atoms with E-state index >= 15 is 0 Å². The maximum Gasteiger partial charge on any atom is 0.460 e. The molecule has 1 N–H and O–H groups in total. The summed E-state index contributed by atoms with van der Waals surface area (Å²) in [5, 5.41) is 9.78. The van der Waals surface area contributed by atoms with Crippen molar-refractivity contribution in [2.75, 3.05) is 19.0 Å². The van der Waals surface area contributed by atoms with E-state index in [1.54, 1.807) is 0 Å². The zero-order valence-electron chi connectivity index (χ0n) is 14.1. The molecule has 28 heavy (non-hydrogen) atoms. The number of rotatable bonds is 7. The van der Waals surface area contributed by atoms with Gasteiger partial charge in [0.2, 0.25) is 0 Å². The number of hydrogen-bond acceptors (Lipinski definition) is 2. The number of alkyl halides is 11. The predicted molar refractivity (Wildman–Crippen MR) is 76.2 cm³/mol. The SMILES string of the molecule is CN(C)c1ccccc1C(O)CC(F)(F)C(F)(F)C(F)(F)C(F)(F)C(F)(F)F. The van der Waals surface area contributed by atoms with Crippen molar-refractivity contribution in [3.63, 3.8) is 0 Å². The standard InChI is InChI=1S/C15H14F11NO/c1-27(2)9-6-4-3-5-8(9)10(28)7-11(16,17)12(18,19)13(20,21)14(22,23)15(24,25)26/h3-6,10,28H,7H2,1-2H3. The van der Waals surface area contributed by atoms with Crippen LogP contribution in [0.15, 0.2) is 24.3 Å². The average Bonchev–Trinajstić information content (AvgIpc) is 2.52. The molecule has 0 spiro atoms. The fraction of sp³-hybridized carbons (Fsp3) is 0.600. The van der Waals surface area contributed by atoms with Gasteiger partial charge < -0.3 is 10.0 Å². The number of para-hydroxylation sites is 1. The van der Waals surface area contributed by atoms with Crippen LogP contribution >= 0.6 is 0 Å². The summed E-state index contributed by atoms with van der Waals surface area (Å²) in [6.07, 6.45) is -12.3. The van der Waals surface area contributed by atoms with Crippen LogP contribution in [0.1, 0.15) is 18.1 Å². The van der Waals surface area contributed by atoms with Crippen molar-refractivity contribution in [2.45, 2.75) is 42.4 Å². The van der Waals surface area contributed by atoms with E-state index in [1.807, 2.05) is 0 Å². The smallest absolute Gasteiger partial charge is 0.388 e. The monoisotopic (exact) mass is 433 g/mol. The van der Waals surface area contributed by atoms with Crippen LogP contribution in [0.3, 0.4) is 0 Å². The lowest BCUT2D eigenvalue weighted by Crippen LogP contribution is -2.66. The third-order valence-electron chi connectivity index (χ3n) is 3.83. The molecule has 0 aliphatic carbocycles. The molecular formula is C15H14F11NO. The molecule has 13 heteroatoms.